The van der Waals surface area contributed by atoms with E-state index < -0.39 is 10.8 Å². The zero-order chi connectivity index (χ0) is 12.7. The molecule has 1 rings (SSSR count). The minimum absolute atomic E-state index is 0.0985. The van der Waals surface area contributed by atoms with E-state index in [1.165, 1.54) is 12.0 Å². The average molecular weight is 253 g/mol. The SMILES string of the molecule is CCCCCS(=O)CC(N)c1ccccc1C. The van der Waals surface area contributed by atoms with Gasteiger partial charge in [-0.05, 0) is 24.5 Å². The standard InChI is InChI=1S/C14H23NOS/c1-3-4-7-10-17(16)11-14(15)13-9-6-5-8-12(13)2/h5-6,8-9,14H,3-4,7,10-11,15H2,1-2H3. The molecular weight excluding hydrogens is 230 g/mol. The summed E-state index contributed by atoms with van der Waals surface area (Å²) in [5.41, 5.74) is 8.42. The largest absolute Gasteiger partial charge is 0.323 e. The predicted molar refractivity (Wildman–Crippen MR) is 75.5 cm³/mol. The van der Waals surface area contributed by atoms with Crippen molar-refractivity contribution in [3.05, 3.63) is 35.4 Å². The number of unbranched alkanes of at least 4 members (excludes halogenated alkanes) is 2. The van der Waals surface area contributed by atoms with Crippen LogP contribution in [0.15, 0.2) is 24.3 Å². The second kappa shape index (κ2) is 7.62. The van der Waals surface area contributed by atoms with Crippen LogP contribution in [0.2, 0.25) is 0 Å². The van der Waals surface area contributed by atoms with Gasteiger partial charge in [0.25, 0.3) is 0 Å². The van der Waals surface area contributed by atoms with E-state index in [4.69, 9.17) is 5.73 Å². The molecule has 0 saturated heterocycles. The molecule has 1 aromatic rings. The third-order valence-corrected chi connectivity index (χ3v) is 4.40. The fraction of sp³-hybridized carbons (Fsp3) is 0.571. The van der Waals surface area contributed by atoms with Gasteiger partial charge in [-0.15, -0.1) is 0 Å². The molecule has 0 aliphatic rings. The highest BCUT2D eigenvalue weighted by Gasteiger charge is 2.11. The molecule has 0 spiro atoms. The zero-order valence-corrected chi connectivity index (χ0v) is 11.6. The molecule has 0 aromatic heterocycles. The first-order chi connectivity index (χ1) is 8.15. The number of aryl methyl sites for hydroxylation is 1. The maximum Gasteiger partial charge on any atom is 0.0428 e. The summed E-state index contributed by atoms with van der Waals surface area (Å²) >= 11 is 0. The predicted octanol–water partition coefficient (Wildman–Crippen LogP) is 2.93. The molecule has 2 N–H and O–H groups in total. The van der Waals surface area contributed by atoms with Crippen molar-refractivity contribution in [2.75, 3.05) is 11.5 Å². The molecule has 0 fully saturated rings. The fourth-order valence-electron chi connectivity index (χ4n) is 1.89. The summed E-state index contributed by atoms with van der Waals surface area (Å²) in [6.07, 6.45) is 3.37. The van der Waals surface area contributed by atoms with E-state index in [2.05, 4.69) is 19.9 Å². The van der Waals surface area contributed by atoms with E-state index in [1.54, 1.807) is 0 Å². The smallest absolute Gasteiger partial charge is 0.0428 e. The molecule has 0 aliphatic carbocycles. The molecule has 17 heavy (non-hydrogen) atoms. The molecule has 0 bridgehead atoms. The molecule has 0 amide bonds. The minimum Gasteiger partial charge on any atom is -0.323 e. The molecule has 0 aliphatic heterocycles. The Morgan fingerprint density at radius 1 is 1.29 bits per heavy atom. The Bertz CT molecular complexity index is 365. The summed E-state index contributed by atoms with van der Waals surface area (Å²) < 4.78 is 11.8. The van der Waals surface area contributed by atoms with Gasteiger partial charge in [0.05, 0.1) is 0 Å². The van der Waals surface area contributed by atoms with Crippen LogP contribution in [0.4, 0.5) is 0 Å². The van der Waals surface area contributed by atoms with Crippen molar-refractivity contribution in [3.8, 4) is 0 Å². The lowest BCUT2D eigenvalue weighted by molar-refractivity contribution is 0.668. The van der Waals surface area contributed by atoms with Crippen molar-refractivity contribution in [1.29, 1.82) is 0 Å². The normalized spacial score (nSPS) is 14.5. The first kappa shape index (κ1) is 14.4. The van der Waals surface area contributed by atoms with Gasteiger partial charge in [0.1, 0.15) is 0 Å². The Kier molecular flexibility index (Phi) is 6.45. The van der Waals surface area contributed by atoms with Crippen LogP contribution in [0.25, 0.3) is 0 Å². The second-order valence-electron chi connectivity index (χ2n) is 4.48. The van der Waals surface area contributed by atoms with E-state index >= 15 is 0 Å². The van der Waals surface area contributed by atoms with Crippen molar-refractivity contribution in [3.63, 3.8) is 0 Å². The molecule has 2 nitrogen and oxygen atoms in total. The molecule has 3 heteroatoms. The van der Waals surface area contributed by atoms with Crippen LogP contribution in [-0.2, 0) is 10.8 Å². The molecule has 2 unspecified atom stereocenters. The lowest BCUT2D eigenvalue weighted by Gasteiger charge is -2.14. The molecule has 1 aromatic carbocycles. The van der Waals surface area contributed by atoms with Crippen molar-refractivity contribution < 1.29 is 4.21 Å². The first-order valence-corrected chi connectivity index (χ1v) is 7.80. The van der Waals surface area contributed by atoms with Gasteiger partial charge < -0.3 is 5.73 Å². The highest BCUT2D eigenvalue weighted by atomic mass is 32.2. The van der Waals surface area contributed by atoms with Gasteiger partial charge >= 0.3 is 0 Å². The van der Waals surface area contributed by atoms with Crippen molar-refractivity contribution >= 4 is 10.8 Å². The topological polar surface area (TPSA) is 43.1 Å². The van der Waals surface area contributed by atoms with Crippen LogP contribution < -0.4 is 5.73 Å². The van der Waals surface area contributed by atoms with Crippen LogP contribution in [0.5, 0.6) is 0 Å². The van der Waals surface area contributed by atoms with Gasteiger partial charge in [0, 0.05) is 28.3 Å². The molecular formula is C14H23NOS. The summed E-state index contributed by atoms with van der Waals surface area (Å²) in [6.45, 7) is 4.21. The van der Waals surface area contributed by atoms with E-state index in [-0.39, 0.29) is 6.04 Å². The van der Waals surface area contributed by atoms with Crippen molar-refractivity contribution in [1.82, 2.24) is 0 Å². The summed E-state index contributed by atoms with van der Waals surface area (Å²) in [4.78, 5) is 0. The average Bonchev–Trinajstić information content (AvgIpc) is 2.29. The van der Waals surface area contributed by atoms with Gasteiger partial charge in [-0.3, -0.25) is 4.21 Å². The van der Waals surface area contributed by atoms with Gasteiger partial charge in [0.2, 0.25) is 0 Å². The lowest BCUT2D eigenvalue weighted by Crippen LogP contribution is -2.20. The van der Waals surface area contributed by atoms with Gasteiger partial charge in [-0.2, -0.15) is 0 Å². The Morgan fingerprint density at radius 2 is 2.00 bits per heavy atom. The quantitative estimate of drug-likeness (QED) is 0.759. The molecule has 2 atom stereocenters. The Morgan fingerprint density at radius 3 is 2.65 bits per heavy atom. The zero-order valence-electron chi connectivity index (χ0n) is 10.8. The number of nitrogens with two attached hydrogens (primary N) is 1. The van der Waals surface area contributed by atoms with Crippen molar-refractivity contribution in [2.24, 2.45) is 5.73 Å². The highest BCUT2D eigenvalue weighted by molar-refractivity contribution is 7.85. The van der Waals surface area contributed by atoms with E-state index in [9.17, 15) is 4.21 Å². The Labute approximate surface area is 107 Å². The maximum absolute atomic E-state index is 11.8. The number of hydrogen-bond acceptors (Lipinski definition) is 2. The number of benzene rings is 1. The minimum atomic E-state index is -0.785. The summed E-state index contributed by atoms with van der Waals surface area (Å²) in [7, 11) is -0.785. The van der Waals surface area contributed by atoms with Gasteiger partial charge in [0.15, 0.2) is 0 Å². The number of hydrogen-bond donors (Lipinski definition) is 1. The maximum atomic E-state index is 11.8. The summed E-state index contributed by atoms with van der Waals surface area (Å²) in [5, 5.41) is 0. The van der Waals surface area contributed by atoms with Gasteiger partial charge in [-0.25, -0.2) is 0 Å². The third kappa shape index (κ3) is 5.00. The van der Waals surface area contributed by atoms with Crippen LogP contribution >= 0.6 is 0 Å². The van der Waals surface area contributed by atoms with Crippen molar-refractivity contribution in [2.45, 2.75) is 39.2 Å². The van der Waals surface area contributed by atoms with E-state index in [0.717, 1.165) is 24.2 Å². The Balaban J connectivity index is 2.46. The molecule has 96 valence electrons. The van der Waals surface area contributed by atoms with Crippen LogP contribution in [0.1, 0.15) is 43.4 Å². The van der Waals surface area contributed by atoms with E-state index in [1.807, 2.05) is 18.2 Å². The molecule has 0 heterocycles. The monoisotopic (exact) mass is 253 g/mol. The fourth-order valence-corrected chi connectivity index (χ4v) is 3.16. The highest BCUT2D eigenvalue weighted by Crippen LogP contribution is 2.16. The number of rotatable bonds is 7. The van der Waals surface area contributed by atoms with Crippen LogP contribution in [0, 0.1) is 6.92 Å². The summed E-state index contributed by atoms with van der Waals surface area (Å²) in [5.74, 6) is 1.36. The Hall–Kier alpha value is -0.670. The molecule has 0 saturated carbocycles. The summed E-state index contributed by atoms with van der Waals surface area (Å²) in [6, 6.07) is 7.98. The first-order valence-electron chi connectivity index (χ1n) is 6.31. The second-order valence-corrected chi connectivity index (χ2v) is 6.10. The van der Waals surface area contributed by atoms with E-state index in [0.29, 0.717) is 5.75 Å². The van der Waals surface area contributed by atoms with Gasteiger partial charge in [-0.1, -0.05) is 44.0 Å². The van der Waals surface area contributed by atoms with Crippen LogP contribution in [-0.4, -0.2) is 15.7 Å². The van der Waals surface area contributed by atoms with Crippen LogP contribution in [0.3, 0.4) is 0 Å². The third-order valence-electron chi connectivity index (χ3n) is 2.93. The molecule has 0 radical (unpaired) electrons. The lowest BCUT2D eigenvalue weighted by atomic mass is 10.0.